The number of Topliss-reactive ketones (excluding diaryl/α,β-unsaturated/α-hetero) is 1. The van der Waals surface area contributed by atoms with Crippen LogP contribution in [0.1, 0.15) is 92.2 Å². The molecule has 0 aromatic carbocycles. The fraction of sp³-hybridized carbons (Fsp3) is 0.686. The Morgan fingerprint density at radius 2 is 1.74 bits per heavy atom. The van der Waals surface area contributed by atoms with Crippen molar-refractivity contribution in [1.82, 2.24) is 0 Å². The molecule has 2 heterocycles. The van der Waals surface area contributed by atoms with E-state index in [-0.39, 0.29) is 24.8 Å². The lowest BCUT2D eigenvalue weighted by Crippen LogP contribution is -2.79. The molecule has 1 aliphatic heterocycles. The van der Waals surface area contributed by atoms with Gasteiger partial charge in [-0.15, -0.1) is 0 Å². The van der Waals surface area contributed by atoms with E-state index in [0.29, 0.717) is 24.0 Å². The molecular weight excluding hydrogens is 596 g/mol. The molecule has 250 valence electrons. The highest BCUT2D eigenvalue weighted by Gasteiger charge is 2.92. The van der Waals surface area contributed by atoms with Crippen LogP contribution in [0, 0.1) is 39.9 Å². The fourth-order valence-corrected chi connectivity index (χ4v) is 10.1. The predicted octanol–water partition coefficient (Wildman–Crippen LogP) is 4.41. The maximum atomic E-state index is 15.3. The minimum absolute atomic E-state index is 0.00896. The third kappa shape index (κ3) is 3.83. The van der Waals surface area contributed by atoms with Crippen molar-refractivity contribution >= 4 is 29.7 Å². The molecule has 1 aromatic heterocycles. The highest BCUT2D eigenvalue weighted by Crippen LogP contribution is 2.81. The molecule has 0 radical (unpaired) electrons. The van der Waals surface area contributed by atoms with Gasteiger partial charge in [0.15, 0.2) is 11.4 Å². The van der Waals surface area contributed by atoms with Crippen molar-refractivity contribution < 1.29 is 52.4 Å². The van der Waals surface area contributed by atoms with Gasteiger partial charge in [-0.3, -0.25) is 24.0 Å². The lowest BCUT2D eigenvalue weighted by Gasteiger charge is -2.66. The Bertz CT molecular complexity index is 1540. The van der Waals surface area contributed by atoms with Crippen molar-refractivity contribution in [2.24, 2.45) is 39.9 Å². The lowest BCUT2D eigenvalue weighted by atomic mass is 9.41. The molecule has 5 aliphatic rings. The summed E-state index contributed by atoms with van der Waals surface area (Å²) < 4.78 is 28.9. The molecule has 4 aliphatic carbocycles. The number of carbonyl (C=O) groups is 5. The van der Waals surface area contributed by atoms with Gasteiger partial charge >= 0.3 is 23.9 Å². The van der Waals surface area contributed by atoms with Crippen LogP contribution in [0.4, 0.5) is 0 Å². The fourth-order valence-electron chi connectivity index (χ4n) is 10.1. The normalized spacial score (nSPS) is 40.8. The summed E-state index contributed by atoms with van der Waals surface area (Å²) in [6.07, 6.45) is 1.42. The second-order valence-corrected chi connectivity index (χ2v) is 15.3. The molecule has 1 saturated heterocycles. The van der Waals surface area contributed by atoms with E-state index in [1.807, 2.05) is 13.8 Å². The number of methoxy groups -OCH3 is 1. The third-order valence-electron chi connectivity index (χ3n) is 12.3. The third-order valence-corrected chi connectivity index (χ3v) is 12.3. The van der Waals surface area contributed by atoms with Crippen LogP contribution >= 0.6 is 0 Å². The van der Waals surface area contributed by atoms with Crippen molar-refractivity contribution in [2.75, 3.05) is 7.11 Å². The first-order chi connectivity index (χ1) is 21.4. The molecule has 1 N–H and O–H groups in total. The number of fused-ring (bicyclic) bond motifs is 4. The van der Waals surface area contributed by atoms with Crippen LogP contribution in [-0.4, -0.2) is 59.2 Å². The Morgan fingerprint density at radius 1 is 1.07 bits per heavy atom. The zero-order chi connectivity index (χ0) is 33.8. The van der Waals surface area contributed by atoms with E-state index in [9.17, 15) is 24.3 Å². The van der Waals surface area contributed by atoms with Crippen molar-refractivity contribution in [3.05, 3.63) is 35.3 Å². The van der Waals surface area contributed by atoms with Crippen molar-refractivity contribution in [2.45, 2.75) is 104 Å². The Kier molecular flexibility index (Phi) is 7.24. The number of rotatable bonds is 7. The smallest absolute Gasteiger partial charge is 0.310 e. The number of ether oxygens (including phenoxy) is 4. The largest absolute Gasteiger partial charge is 0.472 e. The Labute approximate surface area is 268 Å². The van der Waals surface area contributed by atoms with Crippen LogP contribution in [-0.2, 0) is 42.9 Å². The molecule has 3 saturated carbocycles. The van der Waals surface area contributed by atoms with Gasteiger partial charge in [-0.2, -0.15) is 0 Å². The first-order valence-electron chi connectivity index (χ1n) is 16.2. The molecule has 2 bridgehead atoms. The van der Waals surface area contributed by atoms with Gasteiger partial charge in [-0.1, -0.05) is 48.5 Å². The lowest BCUT2D eigenvalue weighted by molar-refractivity contribution is -0.280. The maximum Gasteiger partial charge on any atom is 0.310 e. The molecule has 46 heavy (non-hydrogen) atoms. The quantitative estimate of drug-likeness (QED) is 0.333. The Balaban J connectivity index is 1.65. The molecule has 6 rings (SSSR count). The average molecular weight is 641 g/mol. The summed E-state index contributed by atoms with van der Waals surface area (Å²) in [6.45, 7) is 12.2. The first-order valence-corrected chi connectivity index (χ1v) is 16.2. The van der Waals surface area contributed by atoms with E-state index >= 15 is 4.79 Å². The molecule has 0 spiro atoms. The minimum Gasteiger partial charge on any atom is -0.472 e. The topological polar surface area (TPSA) is 156 Å². The number of esters is 4. The van der Waals surface area contributed by atoms with Gasteiger partial charge in [0.05, 0.1) is 37.9 Å². The summed E-state index contributed by atoms with van der Waals surface area (Å²) in [5.41, 5.74) is -6.06. The number of hydrogen-bond acceptors (Lipinski definition) is 11. The van der Waals surface area contributed by atoms with Gasteiger partial charge in [0.1, 0.15) is 12.2 Å². The standard InChI is InChI=1S/C35H44O11/c1-17(2)28(39)45-30-32(6)16-34(46-29(40)18(3)4)33(7,22(32)14-23(36)42-8)20-9-11-31(5)21(25(20)26(38)35(30,34)41)13-24(37)44-27(31)19-10-12-43-15-19/h10,12,15,17-18,20,22,27,30,41H,9,11,13-14,16H2,1-8H3/t20-,22-,27+,30+,31-,32-,33+,34+,35-/m0/s1. The minimum atomic E-state index is -2.50. The second kappa shape index (κ2) is 10.3. The van der Waals surface area contributed by atoms with Crippen molar-refractivity contribution in [3.8, 4) is 0 Å². The van der Waals surface area contributed by atoms with Crippen LogP contribution < -0.4 is 0 Å². The van der Waals surface area contributed by atoms with Crippen LogP contribution in [0.3, 0.4) is 0 Å². The van der Waals surface area contributed by atoms with Gasteiger partial charge in [0, 0.05) is 40.2 Å². The molecule has 0 amide bonds. The molecule has 4 fully saturated rings. The Hall–Kier alpha value is -3.47. The molecule has 1 aromatic rings. The zero-order valence-electron chi connectivity index (χ0n) is 27.8. The van der Waals surface area contributed by atoms with Crippen LogP contribution in [0.15, 0.2) is 34.2 Å². The molecule has 9 atom stereocenters. The summed E-state index contributed by atoms with van der Waals surface area (Å²) >= 11 is 0. The van der Waals surface area contributed by atoms with Crippen LogP contribution in [0.2, 0.25) is 0 Å². The van der Waals surface area contributed by atoms with Gasteiger partial charge in [-0.25, -0.2) is 0 Å². The van der Waals surface area contributed by atoms with E-state index in [2.05, 4.69) is 0 Å². The SMILES string of the molecule is COC(=O)C[C@H]1[C@]2(C)C[C@@]3(OC(=O)C(C)C)[C@]1(C)[C@H]1CC[C@@]4(C)C(=C1C(=O)[C@]3(O)[C@@H]2OC(=O)C(C)C)CC(=O)O[C@@H]4c1ccoc1. The average Bonchev–Trinajstić information content (AvgIpc) is 3.64. The van der Waals surface area contributed by atoms with Gasteiger partial charge < -0.3 is 28.5 Å². The van der Waals surface area contributed by atoms with Crippen LogP contribution in [0.25, 0.3) is 0 Å². The summed E-state index contributed by atoms with van der Waals surface area (Å²) in [4.78, 5) is 68.4. The summed E-state index contributed by atoms with van der Waals surface area (Å²) in [5, 5.41) is 13.1. The van der Waals surface area contributed by atoms with Crippen molar-refractivity contribution in [3.63, 3.8) is 0 Å². The molecular formula is C35H44O11. The van der Waals surface area contributed by atoms with Crippen LogP contribution in [0.5, 0.6) is 0 Å². The summed E-state index contributed by atoms with van der Waals surface area (Å²) in [6, 6.07) is 1.72. The van der Waals surface area contributed by atoms with E-state index in [1.165, 1.54) is 19.6 Å². The summed E-state index contributed by atoms with van der Waals surface area (Å²) in [7, 11) is 1.29. The first kappa shape index (κ1) is 32.5. The molecule has 0 unspecified atom stereocenters. The molecule has 11 heteroatoms. The maximum absolute atomic E-state index is 15.3. The van der Waals surface area contributed by atoms with Gasteiger partial charge in [0.25, 0.3) is 0 Å². The van der Waals surface area contributed by atoms with E-state index in [1.54, 1.807) is 40.7 Å². The van der Waals surface area contributed by atoms with Gasteiger partial charge in [-0.05, 0) is 36.3 Å². The van der Waals surface area contributed by atoms with E-state index in [4.69, 9.17) is 23.4 Å². The number of aliphatic hydroxyl groups is 1. The highest BCUT2D eigenvalue weighted by atomic mass is 16.6. The van der Waals surface area contributed by atoms with E-state index < -0.39 is 93.0 Å². The van der Waals surface area contributed by atoms with Crippen molar-refractivity contribution in [1.29, 1.82) is 0 Å². The Morgan fingerprint density at radius 3 is 2.33 bits per heavy atom. The molecule has 11 nitrogen and oxygen atoms in total. The van der Waals surface area contributed by atoms with Gasteiger partial charge in [0.2, 0.25) is 5.60 Å². The predicted molar refractivity (Wildman–Crippen MR) is 159 cm³/mol. The highest BCUT2D eigenvalue weighted by molar-refractivity contribution is 6.08. The zero-order valence-corrected chi connectivity index (χ0v) is 27.8. The van der Waals surface area contributed by atoms with E-state index in [0.717, 1.165) is 0 Å². The summed E-state index contributed by atoms with van der Waals surface area (Å²) in [5.74, 6) is -5.46. The second-order valence-electron chi connectivity index (χ2n) is 15.3. The number of hydrogen-bond donors (Lipinski definition) is 1. The number of ketones is 1. The number of cyclic esters (lactones) is 1. The monoisotopic (exact) mass is 640 g/mol. The number of furan rings is 1. The number of carbonyl (C=O) groups excluding carboxylic acids is 5.